The lowest BCUT2D eigenvalue weighted by atomic mass is 10.1. The van der Waals surface area contributed by atoms with E-state index in [-0.39, 0.29) is 10.6 Å². The normalized spacial score (nSPS) is 11.8. The highest BCUT2D eigenvalue weighted by Crippen LogP contribution is 2.22. The molecule has 0 heterocycles. The van der Waals surface area contributed by atoms with E-state index in [1.54, 1.807) is 18.2 Å². The Morgan fingerprint density at radius 1 is 0.700 bits per heavy atom. The van der Waals surface area contributed by atoms with Crippen LogP contribution in [0, 0.1) is 20.8 Å². The molecular weight excluding hydrogens is 420 g/mol. The number of anilines is 2. The fraction of sp³-hybridized carbons (Fsp3) is 0.182. The predicted octanol–water partition coefficient (Wildman–Crippen LogP) is 4.35. The standard InChI is InChI=1S/C22H24N2O4S2/c1-16-5-8-19(9-6-16)15-29(25,26)23-20-10-12-21(13-11-20)30(27,28)24-22-14-17(2)4-7-18(22)3/h4-14,23-24H,15H2,1-3H3. The summed E-state index contributed by atoms with van der Waals surface area (Å²) in [5, 5.41) is 0. The molecule has 0 spiro atoms. The number of aryl methyl sites for hydroxylation is 3. The molecule has 0 aliphatic rings. The van der Waals surface area contributed by atoms with Crippen molar-refractivity contribution in [1.82, 2.24) is 0 Å². The van der Waals surface area contributed by atoms with E-state index in [9.17, 15) is 16.8 Å². The summed E-state index contributed by atoms with van der Waals surface area (Å²) in [4.78, 5) is 0.0462. The molecule has 0 amide bonds. The van der Waals surface area contributed by atoms with E-state index in [0.29, 0.717) is 16.9 Å². The first-order valence-electron chi connectivity index (χ1n) is 9.30. The molecule has 0 aliphatic carbocycles. The molecule has 158 valence electrons. The fourth-order valence-electron chi connectivity index (χ4n) is 2.87. The SMILES string of the molecule is Cc1ccc(CS(=O)(=O)Nc2ccc(S(=O)(=O)Nc3cc(C)ccc3C)cc2)cc1. The van der Waals surface area contributed by atoms with Gasteiger partial charge in [0.2, 0.25) is 10.0 Å². The van der Waals surface area contributed by atoms with Crippen molar-refractivity contribution in [3.8, 4) is 0 Å². The first-order valence-corrected chi connectivity index (χ1v) is 12.4. The molecular formula is C22H24N2O4S2. The predicted molar refractivity (Wildman–Crippen MR) is 121 cm³/mol. The van der Waals surface area contributed by atoms with E-state index in [0.717, 1.165) is 16.7 Å². The van der Waals surface area contributed by atoms with E-state index in [1.165, 1.54) is 24.3 Å². The molecule has 0 saturated carbocycles. The number of hydrogen-bond donors (Lipinski definition) is 2. The second-order valence-corrected chi connectivity index (χ2v) is 10.7. The van der Waals surface area contributed by atoms with Gasteiger partial charge in [-0.15, -0.1) is 0 Å². The summed E-state index contributed by atoms with van der Waals surface area (Å²) in [5.41, 5.74) is 4.28. The number of sulfonamides is 2. The largest absolute Gasteiger partial charge is 0.283 e. The highest BCUT2D eigenvalue weighted by atomic mass is 32.2. The summed E-state index contributed by atoms with van der Waals surface area (Å²) in [6.45, 7) is 5.64. The van der Waals surface area contributed by atoms with Gasteiger partial charge >= 0.3 is 0 Å². The van der Waals surface area contributed by atoms with Gasteiger partial charge in [0.1, 0.15) is 0 Å². The first-order chi connectivity index (χ1) is 14.0. The van der Waals surface area contributed by atoms with Gasteiger partial charge in [0.05, 0.1) is 16.3 Å². The summed E-state index contributed by atoms with van der Waals surface area (Å²) in [7, 11) is -7.42. The zero-order valence-corrected chi connectivity index (χ0v) is 18.6. The van der Waals surface area contributed by atoms with E-state index < -0.39 is 20.0 Å². The van der Waals surface area contributed by atoms with E-state index in [2.05, 4.69) is 9.44 Å². The Labute approximate surface area is 178 Å². The topological polar surface area (TPSA) is 92.3 Å². The maximum atomic E-state index is 12.7. The third-order valence-electron chi connectivity index (χ3n) is 4.55. The van der Waals surface area contributed by atoms with Crippen molar-refractivity contribution in [3.05, 3.63) is 89.0 Å². The molecule has 0 unspecified atom stereocenters. The van der Waals surface area contributed by atoms with Gasteiger partial charge in [-0.2, -0.15) is 0 Å². The van der Waals surface area contributed by atoms with Crippen LogP contribution in [0.15, 0.2) is 71.6 Å². The molecule has 0 aliphatic heterocycles. The second-order valence-electron chi connectivity index (χ2n) is 7.29. The third kappa shape index (κ3) is 5.61. The number of benzene rings is 3. The van der Waals surface area contributed by atoms with Crippen molar-refractivity contribution in [3.63, 3.8) is 0 Å². The average Bonchev–Trinajstić information content (AvgIpc) is 2.66. The summed E-state index contributed by atoms with van der Waals surface area (Å²) in [6, 6.07) is 18.4. The van der Waals surface area contributed by atoms with Gasteiger partial charge in [0.25, 0.3) is 10.0 Å². The molecule has 3 rings (SSSR count). The number of nitrogens with one attached hydrogen (secondary N) is 2. The molecule has 0 saturated heterocycles. The Balaban J connectivity index is 1.73. The van der Waals surface area contributed by atoms with Crippen molar-refractivity contribution >= 4 is 31.4 Å². The zero-order valence-electron chi connectivity index (χ0n) is 17.0. The lowest BCUT2D eigenvalue weighted by Gasteiger charge is -2.12. The van der Waals surface area contributed by atoms with Crippen LogP contribution in [0.3, 0.4) is 0 Å². The van der Waals surface area contributed by atoms with Crippen LogP contribution >= 0.6 is 0 Å². The minimum absolute atomic E-state index is 0.0462. The average molecular weight is 445 g/mol. The fourth-order valence-corrected chi connectivity index (χ4v) is 5.19. The van der Waals surface area contributed by atoms with Crippen LogP contribution < -0.4 is 9.44 Å². The molecule has 2 N–H and O–H groups in total. The van der Waals surface area contributed by atoms with Gasteiger partial charge in [0.15, 0.2) is 0 Å². The monoisotopic (exact) mass is 444 g/mol. The van der Waals surface area contributed by atoms with Gasteiger partial charge < -0.3 is 0 Å². The molecule has 3 aromatic rings. The van der Waals surface area contributed by atoms with E-state index in [4.69, 9.17) is 0 Å². The molecule has 0 aromatic heterocycles. The summed E-state index contributed by atoms with van der Waals surface area (Å²) < 4.78 is 55.2. The van der Waals surface area contributed by atoms with E-state index in [1.807, 2.05) is 45.0 Å². The Hall–Kier alpha value is -2.84. The minimum Gasteiger partial charge on any atom is -0.283 e. The van der Waals surface area contributed by atoms with Crippen LogP contribution in [-0.4, -0.2) is 16.8 Å². The maximum absolute atomic E-state index is 12.7. The van der Waals surface area contributed by atoms with Crippen molar-refractivity contribution in [2.75, 3.05) is 9.44 Å². The molecule has 6 nitrogen and oxygen atoms in total. The molecule has 8 heteroatoms. The number of rotatable bonds is 7. The smallest absolute Gasteiger partial charge is 0.261 e. The van der Waals surface area contributed by atoms with Gasteiger partial charge in [-0.3, -0.25) is 9.44 Å². The Kier molecular flexibility index (Phi) is 6.19. The quantitative estimate of drug-likeness (QED) is 0.566. The van der Waals surface area contributed by atoms with Crippen molar-refractivity contribution < 1.29 is 16.8 Å². The molecule has 0 radical (unpaired) electrons. The summed E-state index contributed by atoms with van der Waals surface area (Å²) in [5.74, 6) is -0.165. The molecule has 0 atom stereocenters. The minimum atomic E-state index is -3.79. The van der Waals surface area contributed by atoms with Crippen molar-refractivity contribution in [2.45, 2.75) is 31.4 Å². The molecule has 0 bridgehead atoms. The first kappa shape index (κ1) is 21.9. The van der Waals surface area contributed by atoms with E-state index >= 15 is 0 Å². The van der Waals surface area contributed by atoms with Crippen LogP contribution in [-0.2, 0) is 25.8 Å². The second kappa shape index (κ2) is 8.49. The van der Waals surface area contributed by atoms with Crippen LogP contribution in [0.5, 0.6) is 0 Å². The summed E-state index contributed by atoms with van der Waals surface area (Å²) >= 11 is 0. The Bertz CT molecular complexity index is 1250. The number of hydrogen-bond acceptors (Lipinski definition) is 4. The Morgan fingerprint density at radius 3 is 1.93 bits per heavy atom. The summed E-state index contributed by atoms with van der Waals surface area (Å²) in [6.07, 6.45) is 0. The zero-order chi connectivity index (χ0) is 21.9. The van der Waals surface area contributed by atoms with Crippen LogP contribution in [0.1, 0.15) is 22.3 Å². The molecule has 3 aromatic carbocycles. The Morgan fingerprint density at radius 2 is 1.30 bits per heavy atom. The van der Waals surface area contributed by atoms with Crippen LogP contribution in [0.4, 0.5) is 11.4 Å². The third-order valence-corrected chi connectivity index (χ3v) is 7.19. The lowest BCUT2D eigenvalue weighted by molar-refractivity contribution is 0.599. The molecule has 0 fully saturated rings. The van der Waals surface area contributed by atoms with Gasteiger partial charge in [-0.25, -0.2) is 16.8 Å². The van der Waals surface area contributed by atoms with Gasteiger partial charge in [0, 0.05) is 5.69 Å². The van der Waals surface area contributed by atoms with Crippen molar-refractivity contribution in [2.24, 2.45) is 0 Å². The van der Waals surface area contributed by atoms with Crippen LogP contribution in [0.2, 0.25) is 0 Å². The van der Waals surface area contributed by atoms with Crippen molar-refractivity contribution in [1.29, 1.82) is 0 Å². The highest BCUT2D eigenvalue weighted by Gasteiger charge is 2.17. The molecule has 30 heavy (non-hydrogen) atoms. The lowest BCUT2D eigenvalue weighted by Crippen LogP contribution is -2.16. The van der Waals surface area contributed by atoms with Gasteiger partial charge in [-0.05, 0) is 67.8 Å². The maximum Gasteiger partial charge on any atom is 0.261 e. The van der Waals surface area contributed by atoms with Gasteiger partial charge in [-0.1, -0.05) is 42.0 Å². The van der Waals surface area contributed by atoms with Crippen LogP contribution in [0.25, 0.3) is 0 Å². The highest BCUT2D eigenvalue weighted by molar-refractivity contribution is 7.92.